The standard InChI is InChI=1S/C77H43N5O2/c1-79-63-38-18-33-56-58-35-20-42-67(76(58)84-74(56)63)81(48-24-6-3-7-25-48)69-44-62-71(53-30-11-9-27-50(53)69)70-52-29-10-8-26-49(52)68(80(47-22-4-2-5-23-47)66-41-19-34-57-55-32-16-21-46(45-78)73(55)83-75(57)66)43-61(70)77(62)59-36-13-15-40-65(59)82-64-39-14-12-28-51(64)54-31-17-37-60(77)72(54)82/h2-44H. The Labute approximate surface area is 481 Å². The fraction of sp³-hybridized carbons (Fsp3) is 0.0130. The van der Waals surface area contributed by atoms with Gasteiger partial charge in [0.05, 0.1) is 57.0 Å². The Morgan fingerprint density at radius 2 is 0.833 bits per heavy atom. The van der Waals surface area contributed by atoms with Crippen LogP contribution in [0.1, 0.15) is 27.8 Å². The number of furan rings is 2. The fourth-order valence-corrected chi connectivity index (χ4v) is 14.7. The molecule has 3 aromatic heterocycles. The summed E-state index contributed by atoms with van der Waals surface area (Å²) in [5.41, 5.74) is 18.7. The normalized spacial score (nSPS) is 14.0. The number of rotatable bonds is 6. The molecule has 16 aromatic rings. The maximum absolute atomic E-state index is 10.4. The molecule has 13 aromatic carbocycles. The highest BCUT2D eigenvalue weighted by Crippen LogP contribution is 2.66. The zero-order chi connectivity index (χ0) is 55.4. The predicted molar refractivity (Wildman–Crippen MR) is 342 cm³/mol. The van der Waals surface area contributed by atoms with Crippen molar-refractivity contribution >= 4 is 127 Å². The molecule has 1 spiro atoms. The first-order valence-corrected chi connectivity index (χ1v) is 28.3. The van der Waals surface area contributed by atoms with Crippen molar-refractivity contribution < 1.29 is 8.83 Å². The summed E-state index contributed by atoms with van der Waals surface area (Å²) in [6, 6.07) is 95.6. The summed E-state index contributed by atoms with van der Waals surface area (Å²) < 4.78 is 16.5. The summed E-state index contributed by atoms with van der Waals surface area (Å²) in [5.74, 6) is 0. The molecule has 0 radical (unpaired) electrons. The van der Waals surface area contributed by atoms with E-state index in [1.54, 1.807) is 0 Å². The van der Waals surface area contributed by atoms with E-state index < -0.39 is 5.41 Å². The summed E-state index contributed by atoms with van der Waals surface area (Å²) in [6.07, 6.45) is 0. The number of hydrogen-bond donors (Lipinski definition) is 0. The minimum Gasteiger partial charge on any atom is -0.465 e. The first-order chi connectivity index (χ1) is 41.6. The SMILES string of the molecule is [C-]#[N+]c1cccc2c1oc1c(N(c3ccccc3)c3cc4c(c5ccccc35)-c3c(cc(N(c5ccccc5)c5cccc6c5oc5c(C#N)cccc56)c5ccccc35)C43c4ccccc4-n4c5ccccc5c5cccc3c54)cccc12. The van der Waals surface area contributed by atoms with Crippen LogP contribution in [0.4, 0.5) is 39.8 Å². The van der Waals surface area contributed by atoms with Crippen LogP contribution in [-0.4, -0.2) is 4.57 Å². The summed E-state index contributed by atoms with van der Waals surface area (Å²) in [7, 11) is 0. The molecule has 1 aliphatic carbocycles. The molecule has 0 bridgehead atoms. The number of hydrogen-bond acceptors (Lipinski definition) is 5. The van der Waals surface area contributed by atoms with Crippen LogP contribution in [0.5, 0.6) is 0 Å². The highest BCUT2D eigenvalue weighted by Gasteiger charge is 2.53. The number of aromatic nitrogens is 1. The van der Waals surface area contributed by atoms with E-state index in [0.29, 0.717) is 33.6 Å². The van der Waals surface area contributed by atoms with Crippen molar-refractivity contribution in [3.63, 3.8) is 0 Å². The largest absolute Gasteiger partial charge is 0.465 e. The van der Waals surface area contributed by atoms with Crippen molar-refractivity contribution in [2.75, 3.05) is 9.80 Å². The van der Waals surface area contributed by atoms with Gasteiger partial charge in [0, 0.05) is 54.5 Å². The monoisotopic (exact) mass is 1070 g/mol. The summed E-state index contributed by atoms with van der Waals surface area (Å²) >= 11 is 0. The number of nitrogens with zero attached hydrogens (tertiary/aromatic N) is 5. The second-order valence-corrected chi connectivity index (χ2v) is 22.0. The molecule has 0 fully saturated rings. The van der Waals surface area contributed by atoms with Gasteiger partial charge >= 0.3 is 0 Å². The first kappa shape index (κ1) is 46.1. The molecule has 0 amide bonds. The minimum atomic E-state index is -0.934. The summed E-state index contributed by atoms with van der Waals surface area (Å²) in [6.45, 7) is 8.16. The molecule has 18 rings (SSSR count). The fourth-order valence-electron chi connectivity index (χ4n) is 14.7. The Hall–Kier alpha value is -11.6. The minimum absolute atomic E-state index is 0.478. The van der Waals surface area contributed by atoms with Crippen molar-refractivity contribution in [1.82, 2.24) is 4.57 Å². The average Bonchev–Trinajstić information content (AvgIpc) is 1.59. The van der Waals surface area contributed by atoms with Crippen LogP contribution >= 0.6 is 0 Å². The predicted octanol–water partition coefficient (Wildman–Crippen LogP) is 20.9. The van der Waals surface area contributed by atoms with Gasteiger partial charge in [-0.3, -0.25) is 0 Å². The third kappa shape index (κ3) is 5.96. The molecule has 1 aliphatic heterocycles. The zero-order valence-electron chi connectivity index (χ0n) is 44.9. The number of nitriles is 1. The topological polar surface area (TPSA) is 65.8 Å². The van der Waals surface area contributed by atoms with E-state index in [9.17, 15) is 5.26 Å². The number of anilines is 6. The average molecular weight is 1070 g/mol. The Morgan fingerprint density at radius 3 is 1.44 bits per heavy atom. The van der Waals surface area contributed by atoms with Gasteiger partial charge in [0.25, 0.3) is 0 Å². The van der Waals surface area contributed by atoms with Crippen molar-refractivity contribution in [2.45, 2.75) is 5.41 Å². The lowest BCUT2D eigenvalue weighted by Crippen LogP contribution is -2.34. The molecule has 0 saturated heterocycles. The quantitative estimate of drug-likeness (QED) is 0.155. The van der Waals surface area contributed by atoms with Crippen LogP contribution in [-0.2, 0) is 5.41 Å². The molecule has 388 valence electrons. The van der Waals surface area contributed by atoms with E-state index in [4.69, 9.17) is 15.4 Å². The molecule has 7 heteroatoms. The van der Waals surface area contributed by atoms with E-state index in [-0.39, 0.29) is 0 Å². The number of benzene rings is 13. The second kappa shape index (κ2) is 17.2. The van der Waals surface area contributed by atoms with Crippen LogP contribution in [0.2, 0.25) is 0 Å². The van der Waals surface area contributed by atoms with Gasteiger partial charge < -0.3 is 23.2 Å². The van der Waals surface area contributed by atoms with Crippen LogP contribution in [0.25, 0.3) is 109 Å². The molecular weight excluding hydrogens is 1030 g/mol. The van der Waals surface area contributed by atoms with Crippen LogP contribution in [0.15, 0.2) is 270 Å². The van der Waals surface area contributed by atoms with Crippen molar-refractivity contribution in [1.29, 1.82) is 5.26 Å². The van der Waals surface area contributed by atoms with Gasteiger partial charge in [0.1, 0.15) is 11.7 Å². The molecule has 1 atom stereocenters. The summed E-state index contributed by atoms with van der Waals surface area (Å²) in [4.78, 5) is 8.67. The Bertz CT molecular complexity index is 5360. The third-order valence-corrected chi connectivity index (χ3v) is 18.0. The molecule has 0 N–H and O–H groups in total. The molecule has 7 nitrogen and oxygen atoms in total. The first-order valence-electron chi connectivity index (χ1n) is 28.3. The highest BCUT2D eigenvalue weighted by atomic mass is 16.3. The number of para-hydroxylation sites is 9. The van der Waals surface area contributed by atoms with Gasteiger partial charge in [-0.1, -0.05) is 194 Å². The van der Waals surface area contributed by atoms with E-state index in [0.717, 1.165) is 99.5 Å². The van der Waals surface area contributed by atoms with E-state index in [1.807, 2.05) is 30.3 Å². The molecule has 0 saturated carbocycles. The maximum Gasteiger partial charge on any atom is 0.229 e. The number of fused-ring (bicyclic) bond motifs is 22. The molecule has 84 heavy (non-hydrogen) atoms. The molecular formula is C77H43N5O2. The van der Waals surface area contributed by atoms with E-state index in [2.05, 4.69) is 256 Å². The van der Waals surface area contributed by atoms with Crippen molar-refractivity contribution in [2.24, 2.45) is 0 Å². The zero-order valence-corrected chi connectivity index (χ0v) is 44.9. The van der Waals surface area contributed by atoms with Gasteiger partial charge in [0.2, 0.25) is 5.69 Å². The van der Waals surface area contributed by atoms with Gasteiger partial charge in [0.15, 0.2) is 16.7 Å². The lowest BCUT2D eigenvalue weighted by Gasteiger charge is -2.40. The Kier molecular flexibility index (Phi) is 9.44. The Balaban J connectivity index is 1.03. The second-order valence-electron chi connectivity index (χ2n) is 22.0. The van der Waals surface area contributed by atoms with Crippen LogP contribution < -0.4 is 9.80 Å². The maximum atomic E-state index is 10.4. The van der Waals surface area contributed by atoms with Gasteiger partial charge in [-0.15, -0.1) is 0 Å². The van der Waals surface area contributed by atoms with Crippen LogP contribution in [0.3, 0.4) is 0 Å². The molecule has 4 heterocycles. The lowest BCUT2D eigenvalue weighted by molar-refractivity contribution is 0.668. The Morgan fingerprint density at radius 1 is 0.381 bits per heavy atom. The molecule has 1 unspecified atom stereocenters. The third-order valence-electron chi connectivity index (χ3n) is 18.0. The van der Waals surface area contributed by atoms with E-state index >= 15 is 0 Å². The molecule has 2 aliphatic rings. The van der Waals surface area contributed by atoms with Crippen molar-refractivity contribution in [3.05, 3.63) is 300 Å². The van der Waals surface area contributed by atoms with Gasteiger partial charge in [-0.25, -0.2) is 4.85 Å². The van der Waals surface area contributed by atoms with Gasteiger partial charge in [-0.2, -0.15) is 5.26 Å². The van der Waals surface area contributed by atoms with Crippen LogP contribution in [0, 0.1) is 17.9 Å². The highest BCUT2D eigenvalue weighted by molar-refractivity contribution is 6.22. The van der Waals surface area contributed by atoms with Gasteiger partial charge in [-0.05, 0) is 111 Å². The van der Waals surface area contributed by atoms with E-state index in [1.165, 1.54) is 38.5 Å². The van der Waals surface area contributed by atoms with Crippen molar-refractivity contribution in [3.8, 4) is 22.9 Å². The smallest absolute Gasteiger partial charge is 0.229 e. The summed E-state index contributed by atoms with van der Waals surface area (Å²) in [5, 5.41) is 20.8. The lowest BCUT2D eigenvalue weighted by atomic mass is 9.65.